The normalized spacial score (nSPS) is 12.9. The zero-order valence-corrected chi connectivity index (χ0v) is 12.2. The lowest BCUT2D eigenvalue weighted by atomic mass is 10.0. The summed E-state index contributed by atoms with van der Waals surface area (Å²) in [4.78, 5) is 11.2. The van der Waals surface area contributed by atoms with E-state index in [1.807, 2.05) is 0 Å². The Kier molecular flexibility index (Phi) is 5.48. The first kappa shape index (κ1) is 16.4. The van der Waals surface area contributed by atoms with E-state index in [1.54, 1.807) is 27.7 Å². The van der Waals surface area contributed by atoms with Gasteiger partial charge in [0.05, 0.1) is 0 Å². The second kappa shape index (κ2) is 6.68. The fourth-order valence-corrected chi connectivity index (χ4v) is 1.94. The van der Waals surface area contributed by atoms with Crippen molar-refractivity contribution in [3.8, 4) is 5.75 Å². The lowest BCUT2D eigenvalue weighted by molar-refractivity contribution is -0.149. The van der Waals surface area contributed by atoms with E-state index in [4.69, 9.17) is 9.47 Å². The molecule has 3 nitrogen and oxygen atoms in total. The van der Waals surface area contributed by atoms with Crippen LogP contribution in [0.3, 0.4) is 0 Å². The van der Waals surface area contributed by atoms with E-state index in [9.17, 15) is 13.6 Å². The van der Waals surface area contributed by atoms with Crippen molar-refractivity contribution in [2.24, 2.45) is 0 Å². The van der Waals surface area contributed by atoms with Crippen LogP contribution in [0.1, 0.15) is 40.5 Å². The van der Waals surface area contributed by atoms with Crippen molar-refractivity contribution >= 4 is 5.97 Å². The zero-order valence-electron chi connectivity index (χ0n) is 12.2. The van der Waals surface area contributed by atoms with Crippen LogP contribution in [0.15, 0.2) is 18.2 Å². The van der Waals surface area contributed by atoms with Gasteiger partial charge in [0.25, 0.3) is 0 Å². The minimum atomic E-state index is -0.753. The molecule has 0 N–H and O–H groups in total. The fourth-order valence-electron chi connectivity index (χ4n) is 1.94. The molecule has 0 aromatic heterocycles. The molecule has 1 atom stereocenters. The van der Waals surface area contributed by atoms with Crippen LogP contribution in [0, 0.1) is 11.6 Å². The van der Waals surface area contributed by atoms with Gasteiger partial charge in [0.15, 0.2) is 11.6 Å². The molecule has 0 spiro atoms. The molecule has 0 bridgehead atoms. The average Bonchev–Trinajstić information content (AvgIpc) is 2.31. The summed E-state index contributed by atoms with van der Waals surface area (Å²) >= 11 is 0. The predicted molar refractivity (Wildman–Crippen MR) is 71.5 cm³/mol. The van der Waals surface area contributed by atoms with Gasteiger partial charge in [0, 0.05) is 18.9 Å². The summed E-state index contributed by atoms with van der Waals surface area (Å²) in [5.74, 6) is -1.72. The van der Waals surface area contributed by atoms with Gasteiger partial charge in [-0.25, -0.2) is 8.78 Å². The van der Waals surface area contributed by atoms with Crippen LogP contribution in [0.25, 0.3) is 0 Å². The smallest absolute Gasteiger partial charge is 0.305 e. The largest absolute Gasteiger partial charge is 0.485 e. The van der Waals surface area contributed by atoms with Crippen LogP contribution in [0.2, 0.25) is 0 Å². The molecule has 0 saturated carbocycles. The molecule has 5 heteroatoms. The van der Waals surface area contributed by atoms with Crippen molar-refractivity contribution in [3.05, 3.63) is 29.8 Å². The van der Waals surface area contributed by atoms with Crippen LogP contribution in [0.5, 0.6) is 5.75 Å². The van der Waals surface area contributed by atoms with Crippen molar-refractivity contribution in [2.45, 2.75) is 52.2 Å². The van der Waals surface area contributed by atoms with Crippen LogP contribution in [-0.4, -0.2) is 17.7 Å². The highest BCUT2D eigenvalue weighted by Crippen LogP contribution is 2.26. The minimum absolute atomic E-state index is 0.0228. The molecule has 0 saturated heterocycles. The molecule has 1 unspecified atom stereocenters. The van der Waals surface area contributed by atoms with Gasteiger partial charge < -0.3 is 9.47 Å². The number of carbonyl (C=O) groups excluding carboxylic acids is 1. The van der Waals surface area contributed by atoms with Crippen molar-refractivity contribution in [1.29, 1.82) is 0 Å². The highest BCUT2D eigenvalue weighted by Gasteiger charge is 2.26. The van der Waals surface area contributed by atoms with Gasteiger partial charge in [-0.2, -0.15) is 0 Å². The Morgan fingerprint density at radius 3 is 2.55 bits per heavy atom. The summed E-state index contributed by atoms with van der Waals surface area (Å²) in [5, 5.41) is 0. The van der Waals surface area contributed by atoms with Crippen LogP contribution in [-0.2, 0) is 9.53 Å². The summed E-state index contributed by atoms with van der Waals surface area (Å²) in [7, 11) is 0. The first-order chi connectivity index (χ1) is 9.23. The number of benzene rings is 1. The average molecular weight is 286 g/mol. The highest BCUT2D eigenvalue weighted by atomic mass is 19.1. The summed E-state index contributed by atoms with van der Waals surface area (Å²) in [6.07, 6.45) is 0.356. The van der Waals surface area contributed by atoms with E-state index < -0.39 is 17.2 Å². The summed E-state index contributed by atoms with van der Waals surface area (Å²) in [6.45, 7) is 6.97. The van der Waals surface area contributed by atoms with Crippen LogP contribution < -0.4 is 4.74 Å². The molecule has 0 aliphatic rings. The van der Waals surface area contributed by atoms with E-state index in [2.05, 4.69) is 0 Å². The van der Waals surface area contributed by atoms with Gasteiger partial charge in [-0.05, 0) is 32.9 Å². The van der Waals surface area contributed by atoms with Gasteiger partial charge >= 0.3 is 5.97 Å². The standard InChI is InChI=1S/C15H20F2O3/c1-5-14(18)19-10(2)9-15(3,4)20-13-7-6-11(16)8-12(13)17/h6-8,10H,5,9H2,1-4H3. The van der Waals surface area contributed by atoms with Crippen molar-refractivity contribution in [1.82, 2.24) is 0 Å². The molecule has 20 heavy (non-hydrogen) atoms. The van der Waals surface area contributed by atoms with E-state index in [1.165, 1.54) is 6.07 Å². The fraction of sp³-hybridized carbons (Fsp3) is 0.533. The highest BCUT2D eigenvalue weighted by molar-refractivity contribution is 5.69. The van der Waals surface area contributed by atoms with Crippen molar-refractivity contribution in [3.63, 3.8) is 0 Å². The molecule has 0 amide bonds. The number of rotatable bonds is 6. The van der Waals surface area contributed by atoms with E-state index in [0.717, 1.165) is 12.1 Å². The number of hydrogen-bond donors (Lipinski definition) is 0. The summed E-state index contributed by atoms with van der Waals surface area (Å²) < 4.78 is 37.0. The number of carbonyl (C=O) groups is 1. The Hall–Kier alpha value is -1.65. The lowest BCUT2D eigenvalue weighted by Crippen LogP contribution is -2.34. The zero-order chi connectivity index (χ0) is 15.3. The third-order valence-electron chi connectivity index (χ3n) is 2.68. The van der Waals surface area contributed by atoms with E-state index in [0.29, 0.717) is 12.8 Å². The second-order valence-electron chi connectivity index (χ2n) is 5.29. The number of halogens is 2. The third-order valence-corrected chi connectivity index (χ3v) is 2.68. The quantitative estimate of drug-likeness (QED) is 0.745. The second-order valence-corrected chi connectivity index (χ2v) is 5.29. The minimum Gasteiger partial charge on any atom is -0.485 e. The Morgan fingerprint density at radius 2 is 2.00 bits per heavy atom. The molecule has 0 fully saturated rings. The third kappa shape index (κ3) is 5.15. The summed E-state index contributed by atoms with van der Waals surface area (Å²) in [5.41, 5.74) is -0.744. The molecule has 0 heterocycles. The molecular formula is C15H20F2O3. The van der Waals surface area contributed by atoms with Crippen molar-refractivity contribution in [2.75, 3.05) is 0 Å². The van der Waals surface area contributed by atoms with Crippen LogP contribution in [0.4, 0.5) is 8.78 Å². The Morgan fingerprint density at radius 1 is 1.35 bits per heavy atom. The van der Waals surface area contributed by atoms with Gasteiger partial charge in [-0.3, -0.25) is 4.79 Å². The van der Waals surface area contributed by atoms with E-state index >= 15 is 0 Å². The molecule has 1 aromatic rings. The summed E-state index contributed by atoms with van der Waals surface area (Å²) in [6, 6.07) is 3.15. The van der Waals surface area contributed by atoms with Gasteiger partial charge in [-0.15, -0.1) is 0 Å². The number of esters is 1. The van der Waals surface area contributed by atoms with Crippen LogP contribution >= 0.6 is 0 Å². The van der Waals surface area contributed by atoms with E-state index in [-0.39, 0.29) is 17.8 Å². The van der Waals surface area contributed by atoms with Crippen molar-refractivity contribution < 1.29 is 23.0 Å². The molecule has 1 aromatic carbocycles. The lowest BCUT2D eigenvalue weighted by Gasteiger charge is -2.29. The maximum atomic E-state index is 13.5. The maximum Gasteiger partial charge on any atom is 0.305 e. The molecule has 112 valence electrons. The maximum absolute atomic E-state index is 13.5. The van der Waals surface area contributed by atoms with Gasteiger partial charge in [-0.1, -0.05) is 6.92 Å². The molecule has 0 aliphatic carbocycles. The first-order valence-corrected chi connectivity index (χ1v) is 6.57. The topological polar surface area (TPSA) is 35.5 Å². The Bertz CT molecular complexity index is 472. The predicted octanol–water partition coefficient (Wildman–Crippen LogP) is 3.85. The number of hydrogen-bond acceptors (Lipinski definition) is 3. The monoisotopic (exact) mass is 286 g/mol. The van der Waals surface area contributed by atoms with Gasteiger partial charge in [0.1, 0.15) is 17.5 Å². The molecule has 1 rings (SSSR count). The molecule has 0 aliphatic heterocycles. The number of ether oxygens (including phenoxy) is 2. The first-order valence-electron chi connectivity index (χ1n) is 6.57. The Labute approximate surface area is 117 Å². The van der Waals surface area contributed by atoms with Gasteiger partial charge in [0.2, 0.25) is 0 Å². The molecule has 0 radical (unpaired) electrons. The molecular weight excluding hydrogens is 266 g/mol. The SMILES string of the molecule is CCC(=O)OC(C)CC(C)(C)Oc1ccc(F)cc1F. The Balaban J connectivity index is 2.66.